The highest BCUT2D eigenvalue weighted by Gasteiger charge is 2.34. The Hall–Kier alpha value is -8.85. The molecule has 5 aromatic heterocycles. The van der Waals surface area contributed by atoms with Gasteiger partial charge in [-0.3, -0.25) is 24.0 Å². The van der Waals surface area contributed by atoms with Crippen LogP contribution >= 0.6 is 34.0 Å². The first-order valence-electron chi connectivity index (χ1n) is 35.1. The lowest BCUT2D eigenvalue weighted by atomic mass is 9.76. The van der Waals surface area contributed by atoms with Crippen molar-refractivity contribution in [1.29, 1.82) is 0 Å². The van der Waals surface area contributed by atoms with Gasteiger partial charge in [-0.1, -0.05) is 73.3 Å². The van der Waals surface area contributed by atoms with Crippen LogP contribution in [0.2, 0.25) is 0 Å². The Morgan fingerprint density at radius 2 is 0.848 bits per heavy atom. The number of carboxylic acids is 2. The van der Waals surface area contributed by atoms with E-state index in [9.17, 15) is 47.9 Å². The summed E-state index contributed by atoms with van der Waals surface area (Å²) < 4.78 is 30.5. The standard InChI is InChI=1S/C18H24N4O2S.C18H23N3O3S.C15H18OS.2C10H18O5.C3H5N3O2/c1-12(18(19)24)22-10-16(20-21-22)15(13-5-3-2-4-6-13)9-17(23)14-7-8-25-11-14;1-12(18(23)24)21-10-16(19-20-21)15(13-5-3-2-4-6-13)9-17(22)14-7-8-25-11-14;1-2-12(13-6-4-3-5-7-13)10-15(16)14-8-9-17-11-14;2*1-9(2,3)14-7(11)13-8(12)15-10(4,5)6;1-2(3(7)8)5-6-4/h7-8,10-13,15H,2-6,9H2,1H3,(H2,19,24);7-8,10-13,15H,2-6,9H2,1H3,(H,23,24);1,8-9,11-13H,3-7,10H2;2*1-6H3;2H,1H3,(H,7,8)/t2*12-,15+;12-;;;2-/m110..1/s1. The van der Waals surface area contributed by atoms with Gasteiger partial charge in [-0.2, -0.15) is 34.0 Å². The van der Waals surface area contributed by atoms with Crippen molar-refractivity contribution < 1.29 is 86.6 Å². The van der Waals surface area contributed by atoms with E-state index in [1.54, 1.807) is 121 Å². The number of aromatic nitrogens is 6. The molecule has 578 valence electrons. The highest BCUT2D eigenvalue weighted by atomic mass is 32.1. The number of azide groups is 1. The molecule has 1 amide bonds. The summed E-state index contributed by atoms with van der Waals surface area (Å²) in [4.78, 5) is 116. The van der Waals surface area contributed by atoms with E-state index in [1.807, 2.05) is 50.5 Å². The van der Waals surface area contributed by atoms with Gasteiger partial charge in [0.2, 0.25) is 5.91 Å². The van der Waals surface area contributed by atoms with Crippen LogP contribution in [0, 0.1) is 36.0 Å². The summed E-state index contributed by atoms with van der Waals surface area (Å²) in [5.41, 5.74) is 14.1. The van der Waals surface area contributed by atoms with Crippen molar-refractivity contribution >= 4 is 93.8 Å². The summed E-state index contributed by atoms with van der Waals surface area (Å²) in [6.07, 6.45) is 24.1. The quantitative estimate of drug-likeness (QED) is 0.00952. The Bertz CT molecular complexity index is 3390. The third-order valence-corrected chi connectivity index (χ3v) is 18.5. The molecule has 0 bridgehead atoms. The van der Waals surface area contributed by atoms with Crippen LogP contribution in [-0.2, 0) is 42.8 Å². The van der Waals surface area contributed by atoms with Gasteiger partial charge in [-0.25, -0.2) is 33.3 Å². The molecule has 5 heterocycles. The molecule has 3 aliphatic rings. The highest BCUT2D eigenvalue weighted by Crippen LogP contribution is 2.40. The van der Waals surface area contributed by atoms with Crippen molar-refractivity contribution in [2.45, 2.75) is 272 Å². The predicted molar refractivity (Wildman–Crippen MR) is 397 cm³/mol. The predicted octanol–water partition coefficient (Wildman–Crippen LogP) is 17.9. The maximum absolute atomic E-state index is 12.7. The number of carbonyl (C=O) groups excluding carboxylic acids is 8. The molecule has 0 unspecified atom stereocenters. The molecule has 3 saturated carbocycles. The van der Waals surface area contributed by atoms with E-state index in [1.165, 1.54) is 110 Å². The zero-order chi connectivity index (χ0) is 78.8. The molecule has 3 aliphatic carbocycles. The Labute approximate surface area is 627 Å². The molecule has 0 spiro atoms. The van der Waals surface area contributed by atoms with E-state index in [-0.39, 0.29) is 35.1 Å². The van der Waals surface area contributed by atoms with Gasteiger partial charge in [0, 0.05) is 87.2 Å². The molecule has 0 aromatic carbocycles. The molecule has 0 radical (unpaired) electrons. The number of aliphatic carboxylic acids is 2. The number of amides is 1. The second kappa shape index (κ2) is 44.2. The molecule has 105 heavy (non-hydrogen) atoms. The molecule has 0 aliphatic heterocycles. The minimum absolute atomic E-state index is 0.00226. The molecule has 5 aromatic rings. The minimum atomic E-state index is -1.11. The Morgan fingerprint density at radius 1 is 0.533 bits per heavy atom. The molecule has 6 atom stereocenters. The smallest absolute Gasteiger partial charge is 0.481 e. The Kier molecular flexibility index (Phi) is 38.0. The maximum Gasteiger partial charge on any atom is 0.519 e. The monoisotopic (exact) mass is 1520 g/mol. The molecule has 0 saturated heterocycles. The Morgan fingerprint density at radius 3 is 1.10 bits per heavy atom. The fourth-order valence-corrected chi connectivity index (χ4v) is 13.1. The SMILES string of the molecule is C#C[C@@H](CC(=O)c1ccsc1)C1CCCCC1.CC(C)(C)OC(=O)OC(=O)OC(C)(C)C.CC(C)(C)OC(=O)OC(=O)OC(C)(C)C.C[C@@H](N=[N+]=[N-])C(=O)O.C[C@H](C(=O)O)n1cc([C@@H](CC(=O)c2ccsc2)C2CCCCC2)nn1.C[C@H](C(N)=O)n1cc([C@@H](CC(=O)c2ccsc2)C2CCCCC2)nn1. The molecular weight excluding hydrogens is 1410 g/mol. The van der Waals surface area contributed by atoms with E-state index in [4.69, 9.17) is 46.8 Å². The van der Waals surface area contributed by atoms with Gasteiger partial charge < -0.3 is 44.4 Å². The van der Waals surface area contributed by atoms with Gasteiger partial charge in [0.25, 0.3) is 0 Å². The number of hydrogen-bond acceptors (Lipinski definition) is 24. The molecule has 3 fully saturated rings. The highest BCUT2D eigenvalue weighted by molar-refractivity contribution is 7.08. The lowest BCUT2D eigenvalue weighted by molar-refractivity contribution is -0.141. The van der Waals surface area contributed by atoms with E-state index < -0.39 is 83.0 Å². The second-order valence-corrected chi connectivity index (χ2v) is 32.1. The second-order valence-electron chi connectivity index (χ2n) is 29.7. The number of primary amides is 1. The van der Waals surface area contributed by atoms with Crippen molar-refractivity contribution in [2.75, 3.05) is 0 Å². The fraction of sp³-hybridized carbons (Fsp3) is 0.622. The molecule has 4 N–H and O–H groups in total. The zero-order valence-corrected chi connectivity index (χ0v) is 65.6. The third-order valence-electron chi connectivity index (χ3n) is 16.5. The lowest BCUT2D eigenvalue weighted by Gasteiger charge is -2.28. The van der Waals surface area contributed by atoms with Gasteiger partial charge >= 0.3 is 36.6 Å². The number of hydrogen-bond donors (Lipinski definition) is 3. The summed E-state index contributed by atoms with van der Waals surface area (Å²) in [6.45, 7) is 24.6. The van der Waals surface area contributed by atoms with Gasteiger partial charge in [0.05, 0.1) is 11.4 Å². The Balaban J connectivity index is 0.000000338. The van der Waals surface area contributed by atoms with Crippen molar-refractivity contribution in [1.82, 2.24) is 30.0 Å². The zero-order valence-electron chi connectivity index (χ0n) is 63.1. The number of ketones is 3. The average Bonchev–Trinajstić information content (AvgIpc) is 1.74. The van der Waals surface area contributed by atoms with Crippen LogP contribution in [-0.4, -0.2) is 128 Å². The largest absolute Gasteiger partial charge is 0.519 e. The number of carboxylic acid groups (broad SMARTS) is 2. The third kappa shape index (κ3) is 36.1. The van der Waals surface area contributed by atoms with Crippen LogP contribution in [0.15, 0.2) is 68.0 Å². The van der Waals surface area contributed by atoms with Crippen LogP contribution in [0.4, 0.5) is 19.2 Å². The van der Waals surface area contributed by atoms with Gasteiger partial charge in [0.15, 0.2) is 17.3 Å². The van der Waals surface area contributed by atoms with Crippen LogP contribution in [0.3, 0.4) is 0 Å². The summed E-state index contributed by atoms with van der Waals surface area (Å²) in [5.74, 6) is 2.42. The topological polar surface area (TPSA) is 403 Å². The van der Waals surface area contributed by atoms with E-state index in [2.05, 4.69) is 46.0 Å². The van der Waals surface area contributed by atoms with Gasteiger partial charge in [-0.15, -0.1) is 22.5 Å². The van der Waals surface area contributed by atoms with E-state index in [0.29, 0.717) is 37.0 Å². The number of carbonyl (C=O) groups is 10. The van der Waals surface area contributed by atoms with Crippen molar-refractivity contribution in [3.8, 4) is 12.3 Å². The van der Waals surface area contributed by atoms with Crippen LogP contribution in [0.1, 0.15) is 286 Å². The number of thiophene rings is 3. The number of nitrogens with two attached hydrogens (primary N) is 1. The number of ether oxygens (including phenoxy) is 6. The molecule has 8 rings (SSSR count). The summed E-state index contributed by atoms with van der Waals surface area (Å²) in [7, 11) is 0. The first-order valence-corrected chi connectivity index (χ1v) is 38.0. The lowest BCUT2D eigenvalue weighted by Crippen LogP contribution is -2.29. The number of nitrogens with zero attached hydrogens (tertiary/aromatic N) is 9. The molecule has 28 nitrogen and oxygen atoms in total. The summed E-state index contributed by atoms with van der Waals surface area (Å²) >= 11 is 4.62. The summed E-state index contributed by atoms with van der Waals surface area (Å²) in [6, 6.07) is 3.36. The van der Waals surface area contributed by atoms with Crippen molar-refractivity contribution in [3.05, 3.63) is 101 Å². The number of Topliss-reactive ketones (excluding diaryl/α,β-unsaturated/α-hetero) is 3. The first-order chi connectivity index (χ1) is 49.1. The van der Waals surface area contributed by atoms with Crippen LogP contribution in [0.5, 0.6) is 0 Å². The summed E-state index contributed by atoms with van der Waals surface area (Å²) in [5, 5.41) is 48.2. The first kappa shape index (κ1) is 90.4. The van der Waals surface area contributed by atoms with Crippen LogP contribution in [0.25, 0.3) is 10.4 Å². The van der Waals surface area contributed by atoms with Gasteiger partial charge in [-0.05, 0) is 200 Å². The number of rotatable bonds is 20. The number of terminal acetylenes is 1. The fourth-order valence-electron chi connectivity index (χ4n) is 11.1. The normalized spacial score (nSPS) is 15.8. The molecule has 31 heteroatoms. The van der Waals surface area contributed by atoms with E-state index >= 15 is 0 Å². The van der Waals surface area contributed by atoms with Crippen molar-refractivity contribution in [3.63, 3.8) is 0 Å². The maximum atomic E-state index is 12.7. The van der Waals surface area contributed by atoms with E-state index in [0.717, 1.165) is 53.8 Å². The molecular formula is C74H106N10O18S3. The van der Waals surface area contributed by atoms with Crippen LogP contribution < -0.4 is 5.73 Å². The minimum Gasteiger partial charge on any atom is -0.481 e. The average molecular weight is 1520 g/mol. The van der Waals surface area contributed by atoms with Gasteiger partial charge in [0.1, 0.15) is 40.5 Å². The van der Waals surface area contributed by atoms with Crippen molar-refractivity contribution in [2.24, 2.45) is 34.5 Å².